The summed E-state index contributed by atoms with van der Waals surface area (Å²) in [6.45, 7) is 1.76. The van der Waals surface area contributed by atoms with Gasteiger partial charge in [-0.05, 0) is 67.1 Å². The van der Waals surface area contributed by atoms with Crippen LogP contribution in [0.2, 0.25) is 5.02 Å². The second-order valence-electron chi connectivity index (χ2n) is 6.52. The van der Waals surface area contributed by atoms with E-state index in [1.807, 2.05) is 4.72 Å². The molecule has 31 heavy (non-hydrogen) atoms. The van der Waals surface area contributed by atoms with Gasteiger partial charge < -0.3 is 5.32 Å². The minimum atomic E-state index is -4.26. The molecule has 0 bridgehead atoms. The first-order valence-corrected chi connectivity index (χ1v) is 12.2. The summed E-state index contributed by atoms with van der Waals surface area (Å²) in [4.78, 5) is 11.8. The van der Waals surface area contributed by atoms with Crippen LogP contribution in [-0.4, -0.2) is 22.9 Å². The monoisotopic (exact) mass is 479 g/mol. The van der Waals surface area contributed by atoms with E-state index in [1.165, 1.54) is 54.6 Å². The molecular formula is C20H18ClN3O5S2. The number of benzene rings is 3. The largest absolute Gasteiger partial charge is 0.333 e. The van der Waals surface area contributed by atoms with E-state index < -0.39 is 26.1 Å². The van der Waals surface area contributed by atoms with Gasteiger partial charge in [0.1, 0.15) is 0 Å². The summed E-state index contributed by atoms with van der Waals surface area (Å²) in [6, 6.07) is 16.5. The third-order valence-electron chi connectivity index (χ3n) is 4.03. The first-order chi connectivity index (χ1) is 14.5. The zero-order valence-electron chi connectivity index (χ0n) is 16.2. The van der Waals surface area contributed by atoms with Gasteiger partial charge in [0.15, 0.2) is 0 Å². The second kappa shape index (κ2) is 8.96. The van der Waals surface area contributed by atoms with Crippen molar-refractivity contribution in [1.82, 2.24) is 4.72 Å². The molecule has 3 rings (SSSR count). The highest BCUT2D eigenvalue weighted by Gasteiger charge is 2.20. The van der Waals surface area contributed by atoms with Crippen LogP contribution in [0.4, 0.5) is 16.2 Å². The third-order valence-corrected chi connectivity index (χ3v) is 6.99. The Kier molecular flexibility index (Phi) is 6.54. The molecule has 0 saturated carbocycles. The normalized spacial score (nSPS) is 11.5. The molecule has 0 aromatic heterocycles. The van der Waals surface area contributed by atoms with Gasteiger partial charge >= 0.3 is 6.03 Å². The van der Waals surface area contributed by atoms with Crippen LogP contribution in [0.15, 0.2) is 82.6 Å². The topological polar surface area (TPSA) is 121 Å². The van der Waals surface area contributed by atoms with E-state index in [4.69, 9.17) is 11.6 Å². The van der Waals surface area contributed by atoms with Gasteiger partial charge in [-0.15, -0.1) is 0 Å². The number of hydrogen-bond donors (Lipinski definition) is 3. The molecule has 0 heterocycles. The fourth-order valence-electron chi connectivity index (χ4n) is 2.59. The predicted molar refractivity (Wildman–Crippen MR) is 119 cm³/mol. The molecule has 0 spiro atoms. The standard InChI is InChI=1S/C20H18ClN3O5S2/c1-14-4-2-6-18(12-14)30(26,27)23-17-5-3-7-19(13-17)31(28,29)24-20(25)22-16-10-8-15(21)9-11-16/h2-13,23H,1H3,(H2,22,24,25). The molecule has 8 nitrogen and oxygen atoms in total. The Labute approximate surface area is 185 Å². The van der Waals surface area contributed by atoms with E-state index in [0.29, 0.717) is 10.7 Å². The van der Waals surface area contributed by atoms with E-state index in [-0.39, 0.29) is 15.5 Å². The fourth-order valence-corrected chi connectivity index (χ4v) is 4.83. The number of halogens is 1. The number of aryl methyl sites for hydroxylation is 1. The summed E-state index contributed by atoms with van der Waals surface area (Å²) < 4.78 is 54.5. The molecule has 3 aromatic carbocycles. The highest BCUT2D eigenvalue weighted by molar-refractivity contribution is 7.92. The third kappa shape index (κ3) is 5.97. The molecule has 0 fully saturated rings. The lowest BCUT2D eigenvalue weighted by molar-refractivity contribution is 0.256. The van der Waals surface area contributed by atoms with Crippen molar-refractivity contribution in [3.63, 3.8) is 0 Å². The fraction of sp³-hybridized carbons (Fsp3) is 0.0500. The number of carbonyl (C=O) groups excluding carboxylic acids is 1. The first kappa shape index (κ1) is 22.6. The molecular weight excluding hydrogens is 462 g/mol. The first-order valence-electron chi connectivity index (χ1n) is 8.84. The Morgan fingerprint density at radius 1 is 0.774 bits per heavy atom. The quantitative estimate of drug-likeness (QED) is 0.494. The van der Waals surface area contributed by atoms with Crippen LogP contribution in [0.5, 0.6) is 0 Å². The lowest BCUT2D eigenvalue weighted by Gasteiger charge is -2.12. The molecule has 2 amide bonds. The van der Waals surface area contributed by atoms with Crippen LogP contribution in [0, 0.1) is 6.92 Å². The van der Waals surface area contributed by atoms with Gasteiger partial charge in [-0.3, -0.25) is 4.72 Å². The number of rotatable bonds is 6. The minimum absolute atomic E-state index is 0.0301. The van der Waals surface area contributed by atoms with Crippen molar-refractivity contribution in [1.29, 1.82) is 0 Å². The molecule has 0 unspecified atom stereocenters. The van der Waals surface area contributed by atoms with E-state index >= 15 is 0 Å². The maximum atomic E-state index is 12.6. The summed E-state index contributed by atoms with van der Waals surface area (Å²) in [5.74, 6) is 0. The molecule has 11 heteroatoms. The number of carbonyl (C=O) groups is 1. The highest BCUT2D eigenvalue weighted by Crippen LogP contribution is 2.20. The Hall–Kier alpha value is -3.08. The summed E-state index contributed by atoms with van der Waals surface area (Å²) in [5, 5.41) is 2.84. The molecule has 3 aromatic rings. The van der Waals surface area contributed by atoms with E-state index in [2.05, 4.69) is 10.0 Å². The van der Waals surface area contributed by atoms with Gasteiger partial charge in [0.25, 0.3) is 20.0 Å². The number of amides is 2. The second-order valence-corrected chi connectivity index (χ2v) is 10.3. The average molecular weight is 480 g/mol. The summed E-state index contributed by atoms with van der Waals surface area (Å²) in [7, 11) is -8.18. The number of nitrogens with one attached hydrogen (secondary N) is 3. The van der Waals surface area contributed by atoms with Crippen molar-refractivity contribution in [2.24, 2.45) is 0 Å². The number of anilines is 2. The van der Waals surface area contributed by atoms with Crippen molar-refractivity contribution in [2.45, 2.75) is 16.7 Å². The zero-order valence-corrected chi connectivity index (χ0v) is 18.6. The molecule has 162 valence electrons. The molecule has 0 aliphatic heterocycles. The van der Waals surface area contributed by atoms with Crippen molar-refractivity contribution >= 4 is 49.1 Å². The van der Waals surface area contributed by atoms with Gasteiger partial charge in [-0.2, -0.15) is 0 Å². The number of hydrogen-bond acceptors (Lipinski definition) is 5. The van der Waals surface area contributed by atoms with Crippen molar-refractivity contribution in [3.8, 4) is 0 Å². The Bertz CT molecular complexity index is 1320. The average Bonchev–Trinajstić information content (AvgIpc) is 2.69. The lowest BCUT2D eigenvalue weighted by Crippen LogP contribution is -2.34. The minimum Gasteiger partial charge on any atom is -0.307 e. The van der Waals surface area contributed by atoms with Crippen LogP contribution in [0.25, 0.3) is 0 Å². The van der Waals surface area contributed by atoms with E-state index in [1.54, 1.807) is 19.1 Å². The Morgan fingerprint density at radius 2 is 1.39 bits per heavy atom. The van der Waals surface area contributed by atoms with Crippen LogP contribution in [0.3, 0.4) is 0 Å². The summed E-state index contributed by atoms with van der Waals surface area (Å²) in [5.41, 5.74) is 1.13. The lowest BCUT2D eigenvalue weighted by atomic mass is 10.2. The van der Waals surface area contributed by atoms with Gasteiger partial charge in [-0.25, -0.2) is 26.4 Å². The maximum Gasteiger partial charge on any atom is 0.333 e. The van der Waals surface area contributed by atoms with Gasteiger partial charge in [0, 0.05) is 10.7 Å². The zero-order chi connectivity index (χ0) is 22.6. The predicted octanol–water partition coefficient (Wildman–Crippen LogP) is 3.96. The van der Waals surface area contributed by atoms with Crippen LogP contribution in [-0.2, 0) is 20.0 Å². The smallest absolute Gasteiger partial charge is 0.307 e. The Balaban J connectivity index is 1.76. The molecule has 0 radical (unpaired) electrons. The Morgan fingerprint density at radius 3 is 2.03 bits per heavy atom. The van der Waals surface area contributed by atoms with Crippen LogP contribution >= 0.6 is 11.6 Å². The highest BCUT2D eigenvalue weighted by atomic mass is 35.5. The summed E-state index contributed by atoms with van der Waals surface area (Å²) >= 11 is 5.77. The van der Waals surface area contributed by atoms with Gasteiger partial charge in [0.05, 0.1) is 15.5 Å². The van der Waals surface area contributed by atoms with Gasteiger partial charge in [0.2, 0.25) is 0 Å². The molecule has 0 saturated heterocycles. The van der Waals surface area contributed by atoms with Crippen LogP contribution < -0.4 is 14.8 Å². The van der Waals surface area contributed by atoms with Crippen molar-refractivity contribution < 1.29 is 21.6 Å². The molecule has 0 atom stereocenters. The van der Waals surface area contributed by atoms with E-state index in [0.717, 1.165) is 11.6 Å². The SMILES string of the molecule is Cc1cccc(S(=O)(=O)Nc2cccc(S(=O)(=O)NC(=O)Nc3ccc(Cl)cc3)c2)c1. The summed E-state index contributed by atoms with van der Waals surface area (Å²) in [6.07, 6.45) is 0. The number of urea groups is 1. The van der Waals surface area contributed by atoms with Gasteiger partial charge in [-0.1, -0.05) is 29.8 Å². The van der Waals surface area contributed by atoms with E-state index in [9.17, 15) is 21.6 Å². The molecule has 0 aliphatic rings. The van der Waals surface area contributed by atoms with Crippen molar-refractivity contribution in [2.75, 3.05) is 10.0 Å². The molecule has 0 aliphatic carbocycles. The van der Waals surface area contributed by atoms with Crippen LogP contribution in [0.1, 0.15) is 5.56 Å². The van der Waals surface area contributed by atoms with Crippen molar-refractivity contribution in [3.05, 3.63) is 83.4 Å². The number of sulfonamides is 2. The maximum absolute atomic E-state index is 12.6. The molecule has 3 N–H and O–H groups in total.